The van der Waals surface area contributed by atoms with Gasteiger partial charge in [0.1, 0.15) is 10.0 Å². The highest BCUT2D eigenvalue weighted by Crippen LogP contribution is 2.41. The van der Waals surface area contributed by atoms with Crippen LogP contribution in [0, 0.1) is 16.0 Å². The number of halogens is 1. The average molecular weight is 437 g/mol. The van der Waals surface area contributed by atoms with E-state index in [1.54, 1.807) is 6.92 Å². The second-order valence-corrected chi connectivity index (χ2v) is 8.34. The van der Waals surface area contributed by atoms with Crippen molar-refractivity contribution in [3.05, 3.63) is 54.9 Å². The Labute approximate surface area is 177 Å². The van der Waals surface area contributed by atoms with Gasteiger partial charge in [-0.05, 0) is 49.8 Å². The maximum absolute atomic E-state index is 12.7. The lowest BCUT2D eigenvalue weighted by Gasteiger charge is -2.20. The molecule has 3 rings (SSSR count). The lowest BCUT2D eigenvalue weighted by Crippen LogP contribution is -2.17. The van der Waals surface area contributed by atoms with Crippen LogP contribution in [-0.2, 0) is 17.6 Å². The Kier molecular flexibility index (Phi) is 6.54. The fraction of sp³-hybridized carbons (Fsp3) is 0.400. The maximum atomic E-state index is 12.7. The van der Waals surface area contributed by atoms with Crippen LogP contribution in [0.5, 0.6) is 0 Å². The van der Waals surface area contributed by atoms with Gasteiger partial charge in [-0.3, -0.25) is 14.9 Å². The predicted molar refractivity (Wildman–Crippen MR) is 112 cm³/mol. The van der Waals surface area contributed by atoms with Gasteiger partial charge in [-0.1, -0.05) is 24.9 Å². The summed E-state index contributed by atoms with van der Waals surface area (Å²) in [5.41, 5.74) is 1.09. The molecule has 0 unspecified atom stereocenters. The minimum absolute atomic E-state index is 0.0454. The number of nitrogens with zero attached hydrogens (tertiary/aromatic N) is 1. The molecular weight excluding hydrogens is 416 g/mol. The van der Waals surface area contributed by atoms with Crippen molar-refractivity contribution >= 4 is 45.5 Å². The summed E-state index contributed by atoms with van der Waals surface area (Å²) in [6.45, 7) is 4.11. The summed E-state index contributed by atoms with van der Waals surface area (Å²) in [5.74, 6) is -0.447. The quantitative estimate of drug-likeness (QED) is 0.378. The van der Waals surface area contributed by atoms with Crippen molar-refractivity contribution in [2.75, 3.05) is 11.9 Å². The average Bonchev–Trinajstić information content (AvgIpc) is 3.04. The van der Waals surface area contributed by atoms with Crippen LogP contribution in [0.2, 0.25) is 5.02 Å². The van der Waals surface area contributed by atoms with Gasteiger partial charge >= 0.3 is 5.97 Å². The summed E-state index contributed by atoms with van der Waals surface area (Å²) in [6.07, 6.45) is 3.68. The Morgan fingerprint density at radius 1 is 1.38 bits per heavy atom. The Bertz CT molecular complexity index is 972. The molecule has 9 heteroatoms. The molecule has 1 N–H and O–H groups in total. The molecule has 1 aromatic carbocycles. The normalized spacial score (nSPS) is 15.5. The zero-order valence-corrected chi connectivity index (χ0v) is 17.7. The van der Waals surface area contributed by atoms with E-state index in [1.807, 2.05) is 0 Å². The van der Waals surface area contributed by atoms with Crippen LogP contribution < -0.4 is 5.32 Å². The number of hydrogen-bond donors (Lipinski definition) is 1. The number of rotatable bonds is 6. The molecule has 7 nitrogen and oxygen atoms in total. The lowest BCUT2D eigenvalue weighted by atomic mass is 9.85. The van der Waals surface area contributed by atoms with E-state index in [9.17, 15) is 19.7 Å². The highest BCUT2D eigenvalue weighted by molar-refractivity contribution is 7.17. The minimum Gasteiger partial charge on any atom is -0.462 e. The number of anilines is 1. The van der Waals surface area contributed by atoms with E-state index in [4.69, 9.17) is 16.3 Å². The van der Waals surface area contributed by atoms with Crippen molar-refractivity contribution in [2.45, 2.75) is 39.5 Å². The molecular formula is C20H21ClN2O5S. The Hall–Kier alpha value is -2.45. The molecule has 29 heavy (non-hydrogen) atoms. The number of fused-ring (bicyclic) bond motifs is 1. The summed E-state index contributed by atoms with van der Waals surface area (Å²) < 4.78 is 5.21. The molecule has 0 spiro atoms. The molecule has 0 bridgehead atoms. The summed E-state index contributed by atoms with van der Waals surface area (Å²) in [4.78, 5) is 36.9. The first kappa shape index (κ1) is 21.3. The smallest absolute Gasteiger partial charge is 0.341 e. The Balaban J connectivity index is 1.95. The number of carbonyl (C=O) groups excluding carboxylic acids is 2. The number of benzene rings is 1. The zero-order valence-electron chi connectivity index (χ0n) is 16.1. The molecule has 0 saturated carbocycles. The van der Waals surface area contributed by atoms with E-state index in [2.05, 4.69) is 12.2 Å². The molecule has 1 amide bonds. The zero-order chi connectivity index (χ0) is 21.1. The predicted octanol–water partition coefficient (Wildman–Crippen LogP) is 5.25. The van der Waals surface area contributed by atoms with Gasteiger partial charge in [-0.15, -0.1) is 11.3 Å². The first-order valence-electron chi connectivity index (χ1n) is 9.42. The van der Waals surface area contributed by atoms with E-state index in [-0.39, 0.29) is 22.9 Å². The van der Waals surface area contributed by atoms with Gasteiger partial charge in [0.25, 0.3) is 11.6 Å². The molecule has 1 aromatic heterocycles. The molecule has 0 radical (unpaired) electrons. The van der Waals surface area contributed by atoms with Gasteiger partial charge in [-0.25, -0.2) is 4.79 Å². The highest BCUT2D eigenvalue weighted by atomic mass is 35.5. The van der Waals surface area contributed by atoms with E-state index in [0.717, 1.165) is 42.2 Å². The highest BCUT2D eigenvalue weighted by Gasteiger charge is 2.30. The third-order valence-corrected chi connectivity index (χ3v) is 6.55. The van der Waals surface area contributed by atoms with E-state index < -0.39 is 16.8 Å². The number of ether oxygens (including phenoxy) is 1. The van der Waals surface area contributed by atoms with E-state index in [0.29, 0.717) is 16.5 Å². The number of esters is 1. The standard InChI is InChI=1S/C20H21ClN2O5S/c1-3-11-5-7-13-16(9-11)29-19(17(13)20(25)28-4-2)22-18(24)12-6-8-14(21)15(10-12)23(26)27/h6,8,10-11H,3-5,7,9H2,1-2H3,(H,22,24)/t11-/m1/s1. The molecule has 2 aromatic rings. The Morgan fingerprint density at radius 2 is 2.14 bits per heavy atom. The van der Waals surface area contributed by atoms with Crippen molar-refractivity contribution in [1.29, 1.82) is 0 Å². The first-order valence-corrected chi connectivity index (χ1v) is 10.6. The van der Waals surface area contributed by atoms with Crippen LogP contribution in [-0.4, -0.2) is 23.4 Å². The number of amides is 1. The summed E-state index contributed by atoms with van der Waals surface area (Å²) >= 11 is 7.20. The first-order chi connectivity index (χ1) is 13.8. The summed E-state index contributed by atoms with van der Waals surface area (Å²) in [7, 11) is 0. The van der Waals surface area contributed by atoms with Gasteiger partial charge in [0.15, 0.2) is 0 Å². The molecule has 154 valence electrons. The molecule has 0 fully saturated rings. The molecule has 1 aliphatic carbocycles. The van der Waals surface area contributed by atoms with Gasteiger partial charge in [0.05, 0.1) is 17.1 Å². The lowest BCUT2D eigenvalue weighted by molar-refractivity contribution is -0.384. The largest absolute Gasteiger partial charge is 0.462 e. The number of thiophene rings is 1. The number of nitro groups is 1. The topological polar surface area (TPSA) is 98.5 Å². The van der Waals surface area contributed by atoms with E-state index >= 15 is 0 Å². The van der Waals surface area contributed by atoms with Crippen molar-refractivity contribution in [1.82, 2.24) is 0 Å². The Morgan fingerprint density at radius 3 is 2.79 bits per heavy atom. The van der Waals surface area contributed by atoms with Crippen molar-refractivity contribution in [3.8, 4) is 0 Å². The second kappa shape index (κ2) is 8.92. The van der Waals surface area contributed by atoms with Crippen LogP contribution in [0.15, 0.2) is 18.2 Å². The van der Waals surface area contributed by atoms with Gasteiger partial charge in [0, 0.05) is 16.5 Å². The maximum Gasteiger partial charge on any atom is 0.341 e. The van der Waals surface area contributed by atoms with Gasteiger partial charge in [0.2, 0.25) is 0 Å². The second-order valence-electron chi connectivity index (χ2n) is 6.82. The number of hydrogen-bond acceptors (Lipinski definition) is 6. The molecule has 0 aliphatic heterocycles. The minimum atomic E-state index is -0.641. The molecule has 1 aliphatic rings. The third kappa shape index (κ3) is 4.43. The third-order valence-electron chi connectivity index (χ3n) is 5.06. The van der Waals surface area contributed by atoms with Crippen molar-refractivity contribution < 1.29 is 19.2 Å². The van der Waals surface area contributed by atoms with Crippen molar-refractivity contribution in [2.24, 2.45) is 5.92 Å². The summed E-state index contributed by atoms with van der Waals surface area (Å²) in [5, 5.41) is 14.2. The number of nitro benzene ring substituents is 1. The van der Waals surface area contributed by atoms with Gasteiger partial charge in [-0.2, -0.15) is 0 Å². The van der Waals surface area contributed by atoms with E-state index in [1.165, 1.54) is 23.5 Å². The molecule has 0 saturated heterocycles. The molecule has 1 heterocycles. The van der Waals surface area contributed by atoms with Crippen LogP contribution >= 0.6 is 22.9 Å². The monoisotopic (exact) mass is 436 g/mol. The molecule has 1 atom stereocenters. The van der Waals surface area contributed by atoms with Crippen molar-refractivity contribution in [3.63, 3.8) is 0 Å². The number of carbonyl (C=O) groups is 2. The number of nitrogens with one attached hydrogen (secondary N) is 1. The van der Waals surface area contributed by atoms with Crippen LogP contribution in [0.3, 0.4) is 0 Å². The summed E-state index contributed by atoms with van der Waals surface area (Å²) in [6, 6.07) is 3.85. The van der Waals surface area contributed by atoms with Crippen LogP contribution in [0.25, 0.3) is 0 Å². The van der Waals surface area contributed by atoms with Crippen LogP contribution in [0.4, 0.5) is 10.7 Å². The van der Waals surface area contributed by atoms with Crippen LogP contribution in [0.1, 0.15) is 57.8 Å². The SMILES string of the molecule is CCOC(=O)c1c(NC(=O)c2ccc(Cl)c([N+](=O)[O-])c2)sc2c1CC[C@@H](CC)C2. The fourth-order valence-corrected chi connectivity index (χ4v) is 5.01. The fourth-order valence-electron chi connectivity index (χ4n) is 3.48. The van der Waals surface area contributed by atoms with Gasteiger partial charge < -0.3 is 10.1 Å².